The summed E-state index contributed by atoms with van der Waals surface area (Å²) in [5.74, 6) is 0.666. The molecule has 1 unspecified atom stereocenters. The molecule has 0 aliphatic carbocycles. The summed E-state index contributed by atoms with van der Waals surface area (Å²) < 4.78 is 22.7. The fourth-order valence-corrected chi connectivity index (χ4v) is 2.40. The van der Waals surface area contributed by atoms with Crippen molar-refractivity contribution < 1.29 is 19.0 Å². The third-order valence-electron chi connectivity index (χ3n) is 3.84. The number of aliphatic hydroxyl groups is 1. The van der Waals surface area contributed by atoms with Gasteiger partial charge in [-0.3, -0.25) is 0 Å². The van der Waals surface area contributed by atoms with Crippen molar-refractivity contribution in [2.75, 3.05) is 13.5 Å². The summed E-state index contributed by atoms with van der Waals surface area (Å²) in [6, 6.07) is 4.57. The molecule has 0 radical (unpaired) electrons. The van der Waals surface area contributed by atoms with E-state index in [1.54, 1.807) is 24.5 Å². The maximum atomic E-state index is 12.2. The van der Waals surface area contributed by atoms with Gasteiger partial charge in [-0.05, 0) is 17.5 Å². The summed E-state index contributed by atoms with van der Waals surface area (Å²) in [4.78, 5) is 7.93. The smallest absolute Gasteiger partial charge is 0.228 e. The Morgan fingerprint density at radius 1 is 1.17 bits per heavy atom. The van der Waals surface area contributed by atoms with Crippen LogP contribution >= 0.6 is 11.6 Å². The zero-order valence-electron chi connectivity index (χ0n) is 13.8. The van der Waals surface area contributed by atoms with Crippen LogP contribution < -0.4 is 9.47 Å². The lowest BCUT2D eigenvalue weighted by molar-refractivity contribution is -0.0949. The zero-order valence-corrected chi connectivity index (χ0v) is 14.5. The fraction of sp³-hybridized carbons (Fsp3) is 0.412. The maximum absolute atomic E-state index is 12.2. The minimum Gasteiger partial charge on any atom is -0.489 e. The van der Waals surface area contributed by atoms with E-state index >= 15 is 0 Å². The van der Waals surface area contributed by atoms with Gasteiger partial charge in [0, 0.05) is 24.0 Å². The van der Waals surface area contributed by atoms with E-state index < -0.39 is 17.9 Å². The van der Waals surface area contributed by atoms with E-state index in [1.807, 2.05) is 20.8 Å². The van der Waals surface area contributed by atoms with Crippen LogP contribution in [-0.4, -0.2) is 28.5 Å². The number of aromatic nitrogens is 2. The summed E-state index contributed by atoms with van der Waals surface area (Å²) >= 11 is 6.12. The highest BCUT2D eigenvalue weighted by Crippen LogP contribution is 2.40. The molecule has 2 aromatic rings. The molecule has 1 heterocycles. The third-order valence-corrected chi connectivity index (χ3v) is 4.14. The lowest BCUT2D eigenvalue weighted by Crippen LogP contribution is -2.45. The van der Waals surface area contributed by atoms with Crippen molar-refractivity contribution in [3.63, 3.8) is 0 Å². The van der Waals surface area contributed by atoms with E-state index in [-0.39, 0.29) is 11.6 Å². The van der Waals surface area contributed by atoms with Crippen LogP contribution in [0.3, 0.4) is 0 Å². The minimum atomic E-state index is -1.33. The van der Waals surface area contributed by atoms with E-state index in [0.29, 0.717) is 17.1 Å². The van der Waals surface area contributed by atoms with Gasteiger partial charge in [0.05, 0.1) is 5.02 Å². The average Bonchev–Trinajstić information content (AvgIpc) is 2.54. The molecule has 130 valence electrons. The van der Waals surface area contributed by atoms with Crippen LogP contribution in [0.5, 0.6) is 11.5 Å². The highest BCUT2D eigenvalue weighted by atomic mass is 35.5. The average molecular weight is 355 g/mol. The van der Waals surface area contributed by atoms with Gasteiger partial charge in [0.25, 0.3) is 0 Å². The highest BCUT2D eigenvalue weighted by molar-refractivity contribution is 6.32. The van der Waals surface area contributed by atoms with E-state index in [1.165, 1.54) is 12.4 Å². The van der Waals surface area contributed by atoms with Crippen molar-refractivity contribution in [2.45, 2.75) is 26.4 Å². The number of benzene rings is 1. The van der Waals surface area contributed by atoms with Gasteiger partial charge < -0.3 is 14.6 Å². The molecule has 0 amide bonds. The molecule has 1 N–H and O–H groups in total. The quantitative estimate of drug-likeness (QED) is 0.855. The standard InChI is InChI=1S/C17H20ClFN2O3/c1-16(2,3)17(22,12-7-20-11-21-8-12)9-23-15-5-4-13(24-10-19)6-14(15)18/h4-8,11,22H,9-10H2,1-3H3. The Hall–Kier alpha value is -1.92. The molecule has 0 fully saturated rings. The van der Waals surface area contributed by atoms with Crippen LogP contribution in [0, 0.1) is 5.41 Å². The number of ether oxygens (including phenoxy) is 2. The van der Waals surface area contributed by atoms with Gasteiger partial charge in [-0.1, -0.05) is 32.4 Å². The number of halogens is 2. The second kappa shape index (κ2) is 7.32. The third kappa shape index (κ3) is 3.94. The van der Waals surface area contributed by atoms with Gasteiger partial charge in [-0.25, -0.2) is 14.4 Å². The molecule has 0 aliphatic rings. The fourth-order valence-electron chi connectivity index (χ4n) is 2.18. The first-order valence-corrected chi connectivity index (χ1v) is 7.75. The van der Waals surface area contributed by atoms with Crippen LogP contribution in [0.1, 0.15) is 26.3 Å². The van der Waals surface area contributed by atoms with E-state index in [0.717, 1.165) is 0 Å². The van der Waals surface area contributed by atoms with Crippen LogP contribution in [0.25, 0.3) is 0 Å². The molecule has 24 heavy (non-hydrogen) atoms. The molecular weight excluding hydrogens is 335 g/mol. The molecule has 5 nitrogen and oxygen atoms in total. The lowest BCUT2D eigenvalue weighted by atomic mass is 9.73. The summed E-state index contributed by atoms with van der Waals surface area (Å²) in [5, 5.41) is 11.5. The lowest BCUT2D eigenvalue weighted by Gasteiger charge is -2.39. The Morgan fingerprint density at radius 2 is 1.83 bits per heavy atom. The van der Waals surface area contributed by atoms with Gasteiger partial charge in [-0.2, -0.15) is 0 Å². The number of hydrogen-bond donors (Lipinski definition) is 1. The van der Waals surface area contributed by atoms with Gasteiger partial charge in [0.1, 0.15) is 30.0 Å². The number of hydrogen-bond acceptors (Lipinski definition) is 5. The van der Waals surface area contributed by atoms with Crippen molar-refractivity contribution in [2.24, 2.45) is 5.41 Å². The Morgan fingerprint density at radius 3 is 2.38 bits per heavy atom. The summed E-state index contributed by atoms with van der Waals surface area (Å²) in [6.45, 7) is 4.69. The molecular formula is C17H20ClFN2O3. The normalized spacial score (nSPS) is 14.1. The second-order valence-corrected chi connectivity index (χ2v) is 6.78. The van der Waals surface area contributed by atoms with Crippen molar-refractivity contribution in [1.82, 2.24) is 9.97 Å². The number of nitrogens with zero attached hydrogens (tertiary/aromatic N) is 2. The molecule has 0 bridgehead atoms. The van der Waals surface area contributed by atoms with Gasteiger partial charge in [-0.15, -0.1) is 0 Å². The van der Waals surface area contributed by atoms with Gasteiger partial charge in [0.2, 0.25) is 6.86 Å². The summed E-state index contributed by atoms with van der Waals surface area (Å²) in [6.07, 6.45) is 4.51. The maximum Gasteiger partial charge on any atom is 0.228 e. The molecule has 0 saturated heterocycles. The van der Waals surface area contributed by atoms with E-state index in [9.17, 15) is 9.50 Å². The van der Waals surface area contributed by atoms with E-state index in [4.69, 9.17) is 21.1 Å². The molecule has 1 atom stereocenters. The number of rotatable bonds is 6. The molecule has 0 spiro atoms. The predicted molar refractivity (Wildman–Crippen MR) is 88.9 cm³/mol. The first kappa shape index (κ1) is 18.4. The Labute approximate surface area is 145 Å². The van der Waals surface area contributed by atoms with Crippen molar-refractivity contribution in [1.29, 1.82) is 0 Å². The molecule has 0 aliphatic heterocycles. The minimum absolute atomic E-state index is 0.0487. The van der Waals surface area contributed by atoms with Crippen LogP contribution in [0.4, 0.5) is 4.39 Å². The molecule has 0 saturated carbocycles. The van der Waals surface area contributed by atoms with Crippen LogP contribution in [0.15, 0.2) is 36.9 Å². The first-order valence-electron chi connectivity index (χ1n) is 7.37. The van der Waals surface area contributed by atoms with Crippen LogP contribution in [0.2, 0.25) is 5.02 Å². The summed E-state index contributed by atoms with van der Waals surface area (Å²) in [5.41, 5.74) is -1.32. The molecule has 2 rings (SSSR count). The van der Waals surface area contributed by atoms with Crippen LogP contribution in [-0.2, 0) is 5.60 Å². The monoisotopic (exact) mass is 354 g/mol. The topological polar surface area (TPSA) is 64.5 Å². The molecule has 1 aromatic carbocycles. The Kier molecular flexibility index (Phi) is 5.62. The van der Waals surface area contributed by atoms with Crippen molar-refractivity contribution in [3.8, 4) is 11.5 Å². The zero-order chi connectivity index (χ0) is 17.8. The predicted octanol–water partition coefficient (Wildman–Crippen LogP) is 3.75. The Balaban J connectivity index is 2.23. The SMILES string of the molecule is CC(C)(C)C(O)(COc1ccc(OCF)cc1Cl)c1cncnc1. The van der Waals surface area contributed by atoms with Crippen molar-refractivity contribution in [3.05, 3.63) is 47.5 Å². The largest absolute Gasteiger partial charge is 0.489 e. The molecule has 1 aromatic heterocycles. The number of alkyl halides is 1. The highest BCUT2D eigenvalue weighted by Gasteiger charge is 2.43. The molecule has 7 heteroatoms. The second-order valence-electron chi connectivity index (χ2n) is 6.37. The van der Waals surface area contributed by atoms with Crippen molar-refractivity contribution >= 4 is 11.6 Å². The van der Waals surface area contributed by atoms with Gasteiger partial charge >= 0.3 is 0 Å². The summed E-state index contributed by atoms with van der Waals surface area (Å²) in [7, 11) is 0. The van der Waals surface area contributed by atoms with E-state index in [2.05, 4.69) is 9.97 Å². The first-order chi connectivity index (χ1) is 11.3. The van der Waals surface area contributed by atoms with Gasteiger partial charge in [0.15, 0.2) is 0 Å². The Bertz CT molecular complexity index is 679.